The number of hydrogen-bond acceptors (Lipinski definition) is 4. The number of carbonyl (C=O) groups excluding carboxylic acids is 1. The first-order chi connectivity index (χ1) is 12.8. The Morgan fingerprint density at radius 3 is 2.85 bits per heavy atom. The third-order valence-electron chi connectivity index (χ3n) is 4.98. The maximum Gasteiger partial charge on any atom is 0.317 e. The number of nitrogens with one attached hydrogen (secondary N) is 1. The molecule has 1 aromatic carbocycles. The largest absolute Gasteiger partial charge is 0.454 e. The fourth-order valence-corrected chi connectivity index (χ4v) is 3.45. The summed E-state index contributed by atoms with van der Waals surface area (Å²) < 4.78 is 16.6. The summed E-state index contributed by atoms with van der Waals surface area (Å²) in [6, 6.07) is 5.77. The molecule has 1 aliphatic heterocycles. The number of urea groups is 1. The van der Waals surface area contributed by atoms with Gasteiger partial charge in [-0.05, 0) is 43.9 Å². The van der Waals surface area contributed by atoms with Crippen LogP contribution in [0.1, 0.15) is 51.0 Å². The molecular weight excluding hydrogens is 332 g/mol. The average molecular weight is 362 g/mol. The van der Waals surface area contributed by atoms with E-state index in [1.54, 1.807) is 4.90 Å². The number of ether oxygens (including phenoxy) is 3. The minimum atomic E-state index is -0.0390. The molecular formula is C20H30N2O4. The maximum atomic E-state index is 12.4. The van der Waals surface area contributed by atoms with Crippen molar-refractivity contribution in [3.63, 3.8) is 0 Å². The maximum absolute atomic E-state index is 12.4. The molecule has 6 nitrogen and oxygen atoms in total. The summed E-state index contributed by atoms with van der Waals surface area (Å²) in [5.74, 6) is 1.51. The lowest BCUT2D eigenvalue weighted by molar-refractivity contribution is 0.0274. The first-order valence-electron chi connectivity index (χ1n) is 9.79. The molecule has 1 saturated carbocycles. The van der Waals surface area contributed by atoms with Crippen LogP contribution in [0.2, 0.25) is 0 Å². The number of amides is 2. The highest BCUT2D eigenvalue weighted by Crippen LogP contribution is 2.32. The van der Waals surface area contributed by atoms with Crippen LogP contribution < -0.4 is 14.8 Å². The van der Waals surface area contributed by atoms with Gasteiger partial charge in [0.15, 0.2) is 11.5 Å². The standard InChI is InChI=1S/C20H30N2O4/c1-2-22(14-16-9-10-18-19(13-16)26-15-25-18)20(23)21-11-6-12-24-17-7-4-3-5-8-17/h9-10,13,17H,2-8,11-12,14-15H2,1H3,(H,21,23). The molecule has 144 valence electrons. The van der Waals surface area contributed by atoms with E-state index < -0.39 is 0 Å². The van der Waals surface area contributed by atoms with Crippen LogP contribution in [0.25, 0.3) is 0 Å². The number of rotatable bonds is 8. The highest BCUT2D eigenvalue weighted by Gasteiger charge is 2.17. The van der Waals surface area contributed by atoms with E-state index in [4.69, 9.17) is 14.2 Å². The van der Waals surface area contributed by atoms with Gasteiger partial charge in [0.25, 0.3) is 0 Å². The molecule has 0 saturated heterocycles. The molecule has 2 aliphatic rings. The first-order valence-corrected chi connectivity index (χ1v) is 9.79. The van der Waals surface area contributed by atoms with E-state index >= 15 is 0 Å². The number of hydrogen-bond donors (Lipinski definition) is 1. The quantitative estimate of drug-likeness (QED) is 0.717. The first kappa shape index (κ1) is 18.8. The van der Waals surface area contributed by atoms with Crippen molar-refractivity contribution in [1.82, 2.24) is 10.2 Å². The molecule has 26 heavy (non-hydrogen) atoms. The van der Waals surface area contributed by atoms with Crippen LogP contribution in [-0.2, 0) is 11.3 Å². The fraction of sp³-hybridized carbons (Fsp3) is 0.650. The van der Waals surface area contributed by atoms with Gasteiger partial charge in [-0.1, -0.05) is 25.3 Å². The summed E-state index contributed by atoms with van der Waals surface area (Å²) in [4.78, 5) is 14.2. The SMILES string of the molecule is CCN(Cc1ccc2c(c1)OCO2)C(=O)NCCCOC1CCCCC1. The van der Waals surface area contributed by atoms with Gasteiger partial charge in [-0.25, -0.2) is 4.79 Å². The number of fused-ring (bicyclic) bond motifs is 1. The Bertz CT molecular complexity index is 587. The Labute approximate surface area is 155 Å². The predicted molar refractivity (Wildman–Crippen MR) is 99.5 cm³/mol. The Morgan fingerprint density at radius 1 is 1.23 bits per heavy atom. The summed E-state index contributed by atoms with van der Waals surface area (Å²) in [5.41, 5.74) is 1.03. The molecule has 0 atom stereocenters. The molecule has 6 heteroatoms. The highest BCUT2D eigenvalue weighted by atomic mass is 16.7. The van der Waals surface area contributed by atoms with E-state index in [2.05, 4.69) is 5.32 Å². The summed E-state index contributed by atoms with van der Waals surface area (Å²) in [6.45, 7) is 4.82. The lowest BCUT2D eigenvalue weighted by Crippen LogP contribution is -2.40. The second-order valence-electron chi connectivity index (χ2n) is 6.92. The zero-order valence-electron chi connectivity index (χ0n) is 15.7. The summed E-state index contributed by atoms with van der Waals surface area (Å²) in [5, 5.41) is 3.00. The Kier molecular flexibility index (Phi) is 7.00. The molecule has 1 heterocycles. The number of benzene rings is 1. The van der Waals surface area contributed by atoms with Gasteiger partial charge >= 0.3 is 6.03 Å². The minimum absolute atomic E-state index is 0.0390. The normalized spacial score (nSPS) is 16.5. The van der Waals surface area contributed by atoms with Crippen molar-refractivity contribution in [3.05, 3.63) is 23.8 Å². The molecule has 3 rings (SSSR count). The molecule has 1 aliphatic carbocycles. The third kappa shape index (κ3) is 5.27. The third-order valence-corrected chi connectivity index (χ3v) is 4.98. The van der Waals surface area contributed by atoms with Crippen molar-refractivity contribution in [2.75, 3.05) is 26.5 Å². The van der Waals surface area contributed by atoms with Gasteiger partial charge in [0.1, 0.15) is 0 Å². The van der Waals surface area contributed by atoms with Crippen LogP contribution in [0.3, 0.4) is 0 Å². The van der Waals surface area contributed by atoms with Gasteiger partial charge in [0.05, 0.1) is 6.10 Å². The minimum Gasteiger partial charge on any atom is -0.454 e. The average Bonchev–Trinajstić information content (AvgIpc) is 3.14. The zero-order valence-corrected chi connectivity index (χ0v) is 15.7. The number of carbonyl (C=O) groups is 1. The smallest absolute Gasteiger partial charge is 0.317 e. The van der Waals surface area contributed by atoms with Gasteiger partial charge in [-0.2, -0.15) is 0 Å². The molecule has 1 fully saturated rings. The van der Waals surface area contributed by atoms with Crippen molar-refractivity contribution in [1.29, 1.82) is 0 Å². The van der Waals surface area contributed by atoms with Crippen molar-refractivity contribution < 1.29 is 19.0 Å². The summed E-state index contributed by atoms with van der Waals surface area (Å²) in [7, 11) is 0. The topological polar surface area (TPSA) is 60.0 Å². The van der Waals surface area contributed by atoms with E-state index in [1.165, 1.54) is 32.1 Å². The van der Waals surface area contributed by atoms with Crippen molar-refractivity contribution in [2.24, 2.45) is 0 Å². The predicted octanol–water partition coefficient (Wildman–Crippen LogP) is 3.69. The summed E-state index contributed by atoms with van der Waals surface area (Å²) >= 11 is 0. The van der Waals surface area contributed by atoms with Crippen molar-refractivity contribution >= 4 is 6.03 Å². The molecule has 1 aromatic rings. The van der Waals surface area contributed by atoms with Crippen molar-refractivity contribution in [3.8, 4) is 11.5 Å². The Morgan fingerprint density at radius 2 is 2.04 bits per heavy atom. The molecule has 1 N–H and O–H groups in total. The zero-order chi connectivity index (χ0) is 18.2. The molecule has 0 spiro atoms. The van der Waals surface area contributed by atoms with Crippen LogP contribution in [0.15, 0.2) is 18.2 Å². The molecule has 0 radical (unpaired) electrons. The lowest BCUT2D eigenvalue weighted by atomic mass is 9.98. The monoisotopic (exact) mass is 362 g/mol. The molecule has 0 aromatic heterocycles. The van der Waals surface area contributed by atoms with Crippen LogP contribution >= 0.6 is 0 Å². The van der Waals surface area contributed by atoms with E-state index in [-0.39, 0.29) is 12.8 Å². The second kappa shape index (κ2) is 9.67. The van der Waals surface area contributed by atoms with E-state index in [1.807, 2.05) is 25.1 Å². The Balaban J connectivity index is 1.36. The van der Waals surface area contributed by atoms with Gasteiger partial charge < -0.3 is 24.4 Å². The second-order valence-corrected chi connectivity index (χ2v) is 6.92. The van der Waals surface area contributed by atoms with Crippen LogP contribution in [0, 0.1) is 0 Å². The number of nitrogens with zero attached hydrogens (tertiary/aromatic N) is 1. The lowest BCUT2D eigenvalue weighted by Gasteiger charge is -2.23. The van der Waals surface area contributed by atoms with E-state index in [9.17, 15) is 4.79 Å². The van der Waals surface area contributed by atoms with Crippen molar-refractivity contribution in [2.45, 2.75) is 58.1 Å². The van der Waals surface area contributed by atoms with E-state index in [0.29, 0.717) is 25.7 Å². The molecule has 0 bridgehead atoms. The van der Waals surface area contributed by atoms with Crippen LogP contribution in [0.4, 0.5) is 4.79 Å². The van der Waals surface area contributed by atoms with Gasteiger partial charge in [-0.3, -0.25) is 0 Å². The highest BCUT2D eigenvalue weighted by molar-refractivity contribution is 5.74. The molecule has 0 unspecified atom stereocenters. The Hall–Kier alpha value is -1.95. The van der Waals surface area contributed by atoms with Gasteiger partial charge in [0, 0.05) is 26.2 Å². The van der Waals surface area contributed by atoms with Crippen LogP contribution in [0.5, 0.6) is 11.5 Å². The van der Waals surface area contributed by atoms with Crippen LogP contribution in [-0.4, -0.2) is 43.5 Å². The van der Waals surface area contributed by atoms with E-state index in [0.717, 1.165) is 30.1 Å². The fourth-order valence-electron chi connectivity index (χ4n) is 3.45. The van der Waals surface area contributed by atoms with Gasteiger partial charge in [-0.15, -0.1) is 0 Å². The van der Waals surface area contributed by atoms with Gasteiger partial charge in [0.2, 0.25) is 6.79 Å². The molecule has 2 amide bonds. The summed E-state index contributed by atoms with van der Waals surface area (Å²) in [6.07, 6.45) is 7.56.